The zero-order chi connectivity index (χ0) is 17.1. The van der Waals surface area contributed by atoms with Gasteiger partial charge in [0.25, 0.3) is 5.91 Å². The molecule has 1 aliphatic heterocycles. The fourth-order valence-corrected chi connectivity index (χ4v) is 4.03. The summed E-state index contributed by atoms with van der Waals surface area (Å²) < 4.78 is 0. The smallest absolute Gasteiger partial charge is 0.253 e. The van der Waals surface area contributed by atoms with Gasteiger partial charge in [-0.3, -0.25) is 9.59 Å². The second kappa shape index (κ2) is 7.21. The molecular formula is C18H23N3O2S. The van der Waals surface area contributed by atoms with Crippen LogP contribution in [0.5, 0.6) is 0 Å². The monoisotopic (exact) mass is 345 g/mol. The first-order valence-electron chi connectivity index (χ1n) is 8.39. The SMILES string of the molecule is CCC[C@H](NC(=O)c1cc[nH]c1C)C(=O)N1CCc2sccc2C1. The summed E-state index contributed by atoms with van der Waals surface area (Å²) in [5.41, 5.74) is 2.65. The van der Waals surface area contributed by atoms with E-state index in [2.05, 4.69) is 21.7 Å². The van der Waals surface area contributed by atoms with E-state index in [0.29, 0.717) is 18.5 Å². The summed E-state index contributed by atoms with van der Waals surface area (Å²) in [6.45, 7) is 5.26. The summed E-state index contributed by atoms with van der Waals surface area (Å²) >= 11 is 1.76. The number of H-pyrrole nitrogens is 1. The normalized spacial score (nSPS) is 15.0. The second-order valence-corrected chi connectivity index (χ2v) is 7.21. The van der Waals surface area contributed by atoms with Crippen molar-refractivity contribution in [1.29, 1.82) is 0 Å². The van der Waals surface area contributed by atoms with Crippen molar-refractivity contribution in [2.75, 3.05) is 6.54 Å². The molecule has 1 aliphatic rings. The molecule has 3 heterocycles. The zero-order valence-corrected chi connectivity index (χ0v) is 14.9. The van der Waals surface area contributed by atoms with Gasteiger partial charge in [-0.15, -0.1) is 11.3 Å². The lowest BCUT2D eigenvalue weighted by molar-refractivity contribution is -0.134. The molecule has 6 heteroatoms. The third kappa shape index (κ3) is 3.38. The minimum atomic E-state index is -0.461. The largest absolute Gasteiger partial charge is 0.365 e. The third-order valence-electron chi connectivity index (χ3n) is 4.50. The standard InChI is InChI=1S/C18H23N3O2S/c1-3-4-15(20-17(22)14-5-8-19-12(14)2)18(23)21-9-6-16-13(11-21)7-10-24-16/h5,7-8,10,15,19H,3-4,6,9,11H2,1-2H3,(H,20,22)/t15-/m0/s1. The lowest BCUT2D eigenvalue weighted by Gasteiger charge is -2.31. The van der Waals surface area contributed by atoms with Crippen LogP contribution in [0.1, 0.15) is 46.3 Å². The Balaban J connectivity index is 1.70. The van der Waals surface area contributed by atoms with Crippen molar-refractivity contribution in [2.45, 2.75) is 45.7 Å². The maximum Gasteiger partial charge on any atom is 0.253 e. The molecule has 2 amide bonds. The molecule has 24 heavy (non-hydrogen) atoms. The summed E-state index contributed by atoms with van der Waals surface area (Å²) in [4.78, 5) is 31.6. The van der Waals surface area contributed by atoms with Crippen molar-refractivity contribution in [1.82, 2.24) is 15.2 Å². The molecule has 2 aromatic heterocycles. The van der Waals surface area contributed by atoms with Gasteiger partial charge in [-0.25, -0.2) is 0 Å². The van der Waals surface area contributed by atoms with E-state index in [9.17, 15) is 9.59 Å². The molecule has 2 N–H and O–H groups in total. The number of aromatic nitrogens is 1. The molecular weight excluding hydrogens is 322 g/mol. The summed E-state index contributed by atoms with van der Waals surface area (Å²) in [6.07, 6.45) is 4.15. The lowest BCUT2D eigenvalue weighted by atomic mass is 10.1. The van der Waals surface area contributed by atoms with Crippen LogP contribution in [-0.4, -0.2) is 34.3 Å². The predicted octanol–water partition coefficient (Wildman–Crippen LogP) is 2.87. The first-order chi connectivity index (χ1) is 11.6. The van der Waals surface area contributed by atoms with E-state index in [-0.39, 0.29) is 11.8 Å². The Kier molecular flexibility index (Phi) is 5.04. The number of amides is 2. The van der Waals surface area contributed by atoms with Crippen molar-refractivity contribution < 1.29 is 9.59 Å². The highest BCUT2D eigenvalue weighted by Gasteiger charge is 2.29. The number of carbonyl (C=O) groups excluding carboxylic acids is 2. The average Bonchev–Trinajstić information content (AvgIpc) is 3.21. The van der Waals surface area contributed by atoms with Gasteiger partial charge in [0.05, 0.1) is 5.56 Å². The molecule has 128 valence electrons. The number of aromatic amines is 1. The highest BCUT2D eigenvalue weighted by molar-refractivity contribution is 7.10. The second-order valence-electron chi connectivity index (χ2n) is 6.21. The number of nitrogens with zero attached hydrogens (tertiary/aromatic N) is 1. The van der Waals surface area contributed by atoms with Crippen LogP contribution >= 0.6 is 11.3 Å². The van der Waals surface area contributed by atoms with Crippen LogP contribution in [0.15, 0.2) is 23.7 Å². The molecule has 3 rings (SSSR count). The van der Waals surface area contributed by atoms with Gasteiger partial charge in [-0.2, -0.15) is 0 Å². The number of hydrogen-bond acceptors (Lipinski definition) is 3. The van der Waals surface area contributed by atoms with Gasteiger partial charge in [0, 0.05) is 29.9 Å². The quantitative estimate of drug-likeness (QED) is 0.875. The molecule has 2 aromatic rings. The molecule has 0 bridgehead atoms. The van der Waals surface area contributed by atoms with Crippen molar-refractivity contribution in [3.8, 4) is 0 Å². The van der Waals surface area contributed by atoms with E-state index in [0.717, 1.165) is 25.1 Å². The van der Waals surface area contributed by atoms with Gasteiger partial charge >= 0.3 is 0 Å². The first kappa shape index (κ1) is 16.8. The van der Waals surface area contributed by atoms with E-state index in [4.69, 9.17) is 0 Å². The van der Waals surface area contributed by atoms with Gasteiger partial charge in [0.1, 0.15) is 6.04 Å². The third-order valence-corrected chi connectivity index (χ3v) is 5.52. The molecule has 5 nitrogen and oxygen atoms in total. The molecule has 0 aromatic carbocycles. The van der Waals surface area contributed by atoms with Crippen LogP contribution in [0.25, 0.3) is 0 Å². The van der Waals surface area contributed by atoms with Crippen LogP contribution < -0.4 is 5.32 Å². The highest BCUT2D eigenvalue weighted by atomic mass is 32.1. The first-order valence-corrected chi connectivity index (χ1v) is 9.27. The summed E-state index contributed by atoms with van der Waals surface area (Å²) in [5, 5.41) is 5.01. The Morgan fingerprint density at radius 3 is 2.96 bits per heavy atom. The molecule has 0 saturated carbocycles. The fraction of sp³-hybridized carbons (Fsp3) is 0.444. The molecule has 0 spiro atoms. The minimum Gasteiger partial charge on any atom is -0.365 e. The molecule has 1 atom stereocenters. The Morgan fingerprint density at radius 2 is 2.25 bits per heavy atom. The Hall–Kier alpha value is -2.08. The van der Waals surface area contributed by atoms with Crippen LogP contribution in [0.4, 0.5) is 0 Å². The average molecular weight is 345 g/mol. The Labute approximate surface area is 146 Å². The van der Waals surface area contributed by atoms with Gasteiger partial charge in [0.15, 0.2) is 0 Å². The molecule has 0 unspecified atom stereocenters. The van der Waals surface area contributed by atoms with Crippen molar-refractivity contribution in [3.63, 3.8) is 0 Å². The van der Waals surface area contributed by atoms with Crippen LogP contribution in [0.3, 0.4) is 0 Å². The van der Waals surface area contributed by atoms with Gasteiger partial charge in [0.2, 0.25) is 5.91 Å². The minimum absolute atomic E-state index is 0.0234. The predicted molar refractivity (Wildman–Crippen MR) is 95.1 cm³/mol. The number of aryl methyl sites for hydroxylation is 1. The number of carbonyl (C=O) groups is 2. The molecule has 0 fully saturated rings. The van der Waals surface area contributed by atoms with Gasteiger partial charge < -0.3 is 15.2 Å². The Morgan fingerprint density at radius 1 is 1.42 bits per heavy atom. The van der Waals surface area contributed by atoms with Crippen LogP contribution in [0.2, 0.25) is 0 Å². The molecule has 0 saturated heterocycles. The zero-order valence-electron chi connectivity index (χ0n) is 14.1. The van der Waals surface area contributed by atoms with E-state index < -0.39 is 6.04 Å². The maximum absolute atomic E-state index is 12.9. The van der Waals surface area contributed by atoms with E-state index in [1.54, 1.807) is 23.6 Å². The fourth-order valence-electron chi connectivity index (χ4n) is 3.14. The summed E-state index contributed by atoms with van der Waals surface area (Å²) in [6, 6.07) is 3.38. The molecule has 0 radical (unpaired) electrons. The Bertz CT molecular complexity index is 734. The number of rotatable bonds is 5. The van der Waals surface area contributed by atoms with Crippen molar-refractivity contribution in [2.24, 2.45) is 0 Å². The maximum atomic E-state index is 12.9. The van der Waals surface area contributed by atoms with E-state index >= 15 is 0 Å². The lowest BCUT2D eigenvalue weighted by Crippen LogP contribution is -2.49. The van der Waals surface area contributed by atoms with Crippen molar-refractivity contribution >= 4 is 23.2 Å². The summed E-state index contributed by atoms with van der Waals surface area (Å²) in [5.74, 6) is -0.163. The number of hydrogen-bond donors (Lipinski definition) is 2. The number of thiophene rings is 1. The van der Waals surface area contributed by atoms with Gasteiger partial charge in [-0.1, -0.05) is 13.3 Å². The van der Waals surface area contributed by atoms with E-state index in [1.165, 1.54) is 10.4 Å². The van der Waals surface area contributed by atoms with Crippen molar-refractivity contribution in [3.05, 3.63) is 45.4 Å². The topological polar surface area (TPSA) is 65.2 Å². The summed E-state index contributed by atoms with van der Waals surface area (Å²) in [7, 11) is 0. The number of fused-ring (bicyclic) bond motifs is 1. The highest BCUT2D eigenvalue weighted by Crippen LogP contribution is 2.24. The van der Waals surface area contributed by atoms with Gasteiger partial charge in [-0.05, 0) is 42.8 Å². The molecule has 0 aliphatic carbocycles. The van der Waals surface area contributed by atoms with E-state index in [1.807, 2.05) is 18.7 Å². The van der Waals surface area contributed by atoms with Crippen LogP contribution in [-0.2, 0) is 17.8 Å². The number of nitrogens with one attached hydrogen (secondary N) is 2. The van der Waals surface area contributed by atoms with Crippen LogP contribution in [0, 0.1) is 6.92 Å².